The van der Waals surface area contributed by atoms with E-state index >= 15 is 0 Å². The predicted molar refractivity (Wildman–Crippen MR) is 94.9 cm³/mol. The minimum Gasteiger partial charge on any atom is -0.465 e. The van der Waals surface area contributed by atoms with Crippen LogP contribution in [0.15, 0.2) is 89.6 Å². The molecule has 1 heterocycles. The first-order valence-corrected chi connectivity index (χ1v) is 7.89. The van der Waals surface area contributed by atoms with E-state index in [9.17, 15) is 4.79 Å². The average Bonchev–Trinajstić information content (AvgIpc) is 3.14. The van der Waals surface area contributed by atoms with Crippen LogP contribution in [0.4, 0.5) is 0 Å². The van der Waals surface area contributed by atoms with Crippen LogP contribution in [0.1, 0.15) is 16.9 Å². The van der Waals surface area contributed by atoms with Gasteiger partial charge in [0.05, 0.1) is 6.26 Å². The third kappa shape index (κ3) is 4.46. The lowest BCUT2D eigenvalue weighted by molar-refractivity contribution is -0.127. The highest BCUT2D eigenvalue weighted by atomic mass is 16.3. The summed E-state index contributed by atoms with van der Waals surface area (Å²) in [4.78, 5) is 14.5. The molecule has 0 bridgehead atoms. The van der Waals surface area contributed by atoms with Crippen LogP contribution in [0.3, 0.4) is 0 Å². The van der Waals surface area contributed by atoms with Crippen LogP contribution in [-0.2, 0) is 17.9 Å². The first kappa shape index (κ1) is 15.8. The summed E-state index contributed by atoms with van der Waals surface area (Å²) < 4.78 is 5.24. The molecule has 0 N–H and O–H groups in total. The molecule has 1 amide bonds. The molecule has 3 aromatic rings. The van der Waals surface area contributed by atoms with Gasteiger partial charge in [0.15, 0.2) is 0 Å². The summed E-state index contributed by atoms with van der Waals surface area (Å²) in [7, 11) is 0. The summed E-state index contributed by atoms with van der Waals surface area (Å²) in [5.41, 5.74) is 2.21. The van der Waals surface area contributed by atoms with E-state index in [1.54, 1.807) is 24.5 Å². The highest BCUT2D eigenvalue weighted by Crippen LogP contribution is 2.12. The molecule has 3 nitrogen and oxygen atoms in total. The quantitative estimate of drug-likeness (QED) is 0.626. The molecule has 1 aromatic heterocycles. The van der Waals surface area contributed by atoms with Gasteiger partial charge in [0.1, 0.15) is 5.76 Å². The highest BCUT2D eigenvalue weighted by molar-refractivity contribution is 5.91. The van der Waals surface area contributed by atoms with Crippen LogP contribution in [0.5, 0.6) is 0 Å². The molecule has 0 unspecified atom stereocenters. The summed E-state index contributed by atoms with van der Waals surface area (Å²) in [6, 6.07) is 23.6. The number of benzene rings is 2. The number of hydrogen-bond acceptors (Lipinski definition) is 2. The maximum absolute atomic E-state index is 12.6. The largest absolute Gasteiger partial charge is 0.465 e. The molecule has 0 saturated heterocycles. The van der Waals surface area contributed by atoms with Crippen molar-refractivity contribution in [1.82, 2.24) is 4.90 Å². The van der Waals surface area contributed by atoms with Crippen LogP contribution >= 0.6 is 0 Å². The molecule has 3 heteroatoms. The lowest BCUT2D eigenvalue weighted by Crippen LogP contribution is -2.28. The van der Waals surface area contributed by atoms with Crippen LogP contribution in [0.2, 0.25) is 0 Å². The molecule has 0 radical (unpaired) electrons. The zero-order valence-electron chi connectivity index (χ0n) is 13.3. The fourth-order valence-corrected chi connectivity index (χ4v) is 2.46. The second-order valence-electron chi connectivity index (χ2n) is 5.51. The molecular formula is C21H19NO2. The first-order chi connectivity index (χ1) is 11.8. The summed E-state index contributed by atoms with van der Waals surface area (Å²) >= 11 is 0. The second kappa shape index (κ2) is 7.97. The van der Waals surface area contributed by atoms with Crippen molar-refractivity contribution in [1.29, 1.82) is 0 Å². The average molecular weight is 317 g/mol. The van der Waals surface area contributed by atoms with Crippen molar-refractivity contribution in [3.05, 3.63) is 102 Å². The zero-order chi connectivity index (χ0) is 16.6. The Balaban J connectivity index is 1.76. The molecule has 24 heavy (non-hydrogen) atoms. The van der Waals surface area contributed by atoms with Crippen molar-refractivity contribution in [3.8, 4) is 0 Å². The number of carbonyl (C=O) groups is 1. The van der Waals surface area contributed by atoms with Gasteiger partial charge in [-0.1, -0.05) is 60.7 Å². The van der Waals surface area contributed by atoms with E-state index in [-0.39, 0.29) is 5.91 Å². The van der Waals surface area contributed by atoms with E-state index in [4.69, 9.17) is 4.42 Å². The summed E-state index contributed by atoms with van der Waals surface area (Å²) in [6.07, 6.45) is 4.85. The fourth-order valence-electron chi connectivity index (χ4n) is 2.46. The molecule has 0 aliphatic heterocycles. The van der Waals surface area contributed by atoms with Crippen molar-refractivity contribution in [2.24, 2.45) is 0 Å². The van der Waals surface area contributed by atoms with E-state index in [0.717, 1.165) is 11.1 Å². The minimum atomic E-state index is -0.0425. The van der Waals surface area contributed by atoms with Crippen molar-refractivity contribution in [3.63, 3.8) is 0 Å². The number of carbonyl (C=O) groups excluding carboxylic acids is 1. The van der Waals surface area contributed by atoms with Gasteiger partial charge in [-0.15, -0.1) is 0 Å². The second-order valence-corrected chi connectivity index (χ2v) is 5.51. The highest BCUT2D eigenvalue weighted by Gasteiger charge is 2.12. The summed E-state index contributed by atoms with van der Waals surface area (Å²) in [5, 5.41) is 0. The normalized spacial score (nSPS) is 10.8. The van der Waals surface area contributed by atoms with Crippen LogP contribution < -0.4 is 0 Å². The van der Waals surface area contributed by atoms with Crippen LogP contribution in [-0.4, -0.2) is 10.8 Å². The lowest BCUT2D eigenvalue weighted by atomic mass is 10.1. The van der Waals surface area contributed by atoms with E-state index in [0.29, 0.717) is 18.8 Å². The van der Waals surface area contributed by atoms with Gasteiger partial charge in [-0.25, -0.2) is 0 Å². The maximum atomic E-state index is 12.6. The Labute approximate surface area is 141 Å². The Morgan fingerprint density at radius 1 is 0.833 bits per heavy atom. The smallest absolute Gasteiger partial charge is 0.247 e. The lowest BCUT2D eigenvalue weighted by Gasteiger charge is -2.21. The predicted octanol–water partition coefficient (Wildman–Crippen LogP) is 4.52. The van der Waals surface area contributed by atoms with Gasteiger partial charge in [0.2, 0.25) is 5.91 Å². The van der Waals surface area contributed by atoms with E-state index < -0.39 is 0 Å². The fraction of sp³-hybridized carbons (Fsp3) is 0.0952. The van der Waals surface area contributed by atoms with Gasteiger partial charge in [0.25, 0.3) is 0 Å². The molecule has 0 atom stereocenters. The minimum absolute atomic E-state index is 0.0425. The SMILES string of the molecule is O=C(/C=C/c1ccco1)N(Cc1ccccc1)Cc1ccccc1. The maximum Gasteiger partial charge on any atom is 0.247 e. The van der Waals surface area contributed by atoms with Crippen molar-refractivity contribution in [2.45, 2.75) is 13.1 Å². The zero-order valence-corrected chi connectivity index (χ0v) is 13.3. The Bertz CT molecular complexity index is 736. The van der Waals surface area contributed by atoms with Crippen molar-refractivity contribution in [2.75, 3.05) is 0 Å². The summed E-state index contributed by atoms with van der Waals surface area (Å²) in [5.74, 6) is 0.627. The van der Waals surface area contributed by atoms with Crippen LogP contribution in [0.25, 0.3) is 6.08 Å². The number of hydrogen-bond donors (Lipinski definition) is 0. The Morgan fingerprint density at radius 2 is 1.42 bits per heavy atom. The van der Waals surface area contributed by atoms with Gasteiger partial charge in [-0.05, 0) is 29.3 Å². The number of amides is 1. The first-order valence-electron chi connectivity index (χ1n) is 7.89. The van der Waals surface area contributed by atoms with E-state index in [1.807, 2.05) is 71.6 Å². The molecule has 0 saturated carbocycles. The molecule has 2 aromatic carbocycles. The summed E-state index contributed by atoms with van der Waals surface area (Å²) in [6.45, 7) is 1.13. The van der Waals surface area contributed by atoms with Gasteiger partial charge in [-0.2, -0.15) is 0 Å². The molecule has 0 fully saturated rings. The number of rotatable bonds is 6. The molecule has 0 aliphatic rings. The van der Waals surface area contributed by atoms with Crippen molar-refractivity contribution < 1.29 is 9.21 Å². The molecular weight excluding hydrogens is 298 g/mol. The Hall–Kier alpha value is -3.07. The van der Waals surface area contributed by atoms with Crippen molar-refractivity contribution >= 4 is 12.0 Å². The third-order valence-corrected chi connectivity index (χ3v) is 3.68. The monoisotopic (exact) mass is 317 g/mol. The Kier molecular flexibility index (Phi) is 5.25. The van der Waals surface area contributed by atoms with Gasteiger partial charge < -0.3 is 9.32 Å². The number of nitrogens with zero attached hydrogens (tertiary/aromatic N) is 1. The molecule has 3 rings (SSSR count). The molecule has 0 aliphatic carbocycles. The molecule has 0 spiro atoms. The van der Waals surface area contributed by atoms with Gasteiger partial charge >= 0.3 is 0 Å². The topological polar surface area (TPSA) is 33.5 Å². The number of furan rings is 1. The molecule has 120 valence electrons. The van der Waals surface area contributed by atoms with Crippen LogP contribution in [0, 0.1) is 0 Å². The van der Waals surface area contributed by atoms with Gasteiger partial charge in [-0.3, -0.25) is 4.79 Å². The Morgan fingerprint density at radius 3 is 1.92 bits per heavy atom. The van der Waals surface area contributed by atoms with E-state index in [1.165, 1.54) is 0 Å². The standard InChI is InChI=1S/C21H19NO2/c23-21(14-13-20-12-7-15-24-20)22(16-18-8-3-1-4-9-18)17-19-10-5-2-6-11-19/h1-15H,16-17H2/b14-13+. The third-order valence-electron chi connectivity index (χ3n) is 3.68. The van der Waals surface area contributed by atoms with E-state index in [2.05, 4.69) is 0 Å². The van der Waals surface area contributed by atoms with Gasteiger partial charge in [0, 0.05) is 19.2 Å².